The number of nitrogens with one attached hydrogen (secondary N) is 1. The Morgan fingerprint density at radius 1 is 1.27 bits per heavy atom. The van der Waals surface area contributed by atoms with Crippen molar-refractivity contribution >= 4 is 11.6 Å². The van der Waals surface area contributed by atoms with Crippen LogP contribution in [0.15, 0.2) is 60.0 Å². The van der Waals surface area contributed by atoms with Crippen LogP contribution in [0.3, 0.4) is 0 Å². The van der Waals surface area contributed by atoms with Gasteiger partial charge in [0.05, 0.1) is 11.5 Å². The monoisotopic (exact) mass is 420 g/mol. The summed E-state index contributed by atoms with van der Waals surface area (Å²) in [7, 11) is 0. The van der Waals surface area contributed by atoms with Gasteiger partial charge in [-0.1, -0.05) is 55.3 Å². The second-order valence-electron chi connectivity index (χ2n) is 7.05. The number of aromatic nitrogens is 2. The number of rotatable bonds is 6. The van der Waals surface area contributed by atoms with Gasteiger partial charge >= 0.3 is 0 Å². The first kappa shape index (κ1) is 19.9. The van der Waals surface area contributed by atoms with Gasteiger partial charge in [0.2, 0.25) is 11.8 Å². The number of benzene rings is 2. The predicted octanol–water partition coefficient (Wildman–Crippen LogP) is 4.81. The number of hydrogen-bond donors (Lipinski definition) is 2. The molecule has 1 unspecified atom stereocenters. The van der Waals surface area contributed by atoms with Gasteiger partial charge in [-0.05, 0) is 30.2 Å². The molecule has 7 heteroatoms. The Hall–Kier alpha value is -3.43. The van der Waals surface area contributed by atoms with E-state index >= 15 is 0 Å². The van der Waals surface area contributed by atoms with Crippen LogP contribution in [0.5, 0.6) is 11.6 Å². The Balaban J connectivity index is 1.81. The number of ether oxygens (including phenoxy) is 2. The molecular weight excluding hydrogens is 400 g/mol. The molecule has 0 saturated carbocycles. The largest absolute Gasteiger partial charge is 0.489 e. The molecule has 3 N–H and O–H groups in total. The van der Waals surface area contributed by atoms with Crippen LogP contribution in [0.2, 0.25) is 5.02 Å². The van der Waals surface area contributed by atoms with Crippen molar-refractivity contribution in [2.75, 3.05) is 0 Å². The number of nitriles is 1. The zero-order valence-corrected chi connectivity index (χ0v) is 17.2. The first-order valence-electron chi connectivity index (χ1n) is 9.73. The van der Waals surface area contributed by atoms with Crippen molar-refractivity contribution in [2.45, 2.75) is 32.3 Å². The van der Waals surface area contributed by atoms with Gasteiger partial charge in [0.25, 0.3) is 0 Å². The minimum atomic E-state index is -0.483. The van der Waals surface area contributed by atoms with Crippen LogP contribution >= 0.6 is 11.6 Å². The van der Waals surface area contributed by atoms with E-state index in [9.17, 15) is 5.26 Å². The number of halogens is 1. The number of aryl methyl sites for hydroxylation is 1. The third kappa shape index (κ3) is 3.72. The molecule has 1 atom stereocenters. The number of hydrogen-bond acceptors (Lipinski definition) is 5. The summed E-state index contributed by atoms with van der Waals surface area (Å²) in [5.74, 6) is 0.571. The molecule has 30 heavy (non-hydrogen) atoms. The summed E-state index contributed by atoms with van der Waals surface area (Å²) >= 11 is 6.34. The topological polar surface area (TPSA) is 97.0 Å². The maximum absolute atomic E-state index is 9.87. The molecule has 0 saturated heterocycles. The van der Waals surface area contributed by atoms with Gasteiger partial charge in [-0.15, -0.1) is 5.10 Å². The normalized spacial score (nSPS) is 15.3. The Bertz CT molecular complexity index is 1130. The van der Waals surface area contributed by atoms with Crippen LogP contribution in [0.25, 0.3) is 0 Å². The van der Waals surface area contributed by atoms with Gasteiger partial charge in [0, 0.05) is 16.3 Å². The summed E-state index contributed by atoms with van der Waals surface area (Å²) in [6, 6.07) is 17.5. The summed E-state index contributed by atoms with van der Waals surface area (Å²) in [6.45, 7) is 2.47. The number of allylic oxidation sites excluding steroid dienone is 1. The highest BCUT2D eigenvalue weighted by atomic mass is 35.5. The fourth-order valence-electron chi connectivity index (χ4n) is 3.67. The quantitative estimate of drug-likeness (QED) is 0.596. The van der Waals surface area contributed by atoms with Gasteiger partial charge in [-0.3, -0.25) is 5.10 Å². The molecule has 3 aromatic rings. The van der Waals surface area contributed by atoms with Crippen molar-refractivity contribution in [3.63, 3.8) is 0 Å². The molecule has 1 aliphatic heterocycles. The van der Waals surface area contributed by atoms with Crippen molar-refractivity contribution in [2.24, 2.45) is 5.73 Å². The zero-order chi connectivity index (χ0) is 21.1. The molecule has 0 bridgehead atoms. The van der Waals surface area contributed by atoms with Gasteiger partial charge in [0.1, 0.15) is 24.0 Å². The first-order chi connectivity index (χ1) is 14.6. The number of fused-ring (bicyclic) bond motifs is 1. The van der Waals surface area contributed by atoms with Crippen molar-refractivity contribution in [3.05, 3.63) is 87.4 Å². The lowest BCUT2D eigenvalue weighted by molar-refractivity contribution is 0.301. The second-order valence-corrected chi connectivity index (χ2v) is 7.49. The minimum absolute atomic E-state index is 0.0403. The maximum atomic E-state index is 9.87. The third-order valence-electron chi connectivity index (χ3n) is 5.04. The van der Waals surface area contributed by atoms with Crippen LogP contribution in [-0.4, -0.2) is 10.2 Å². The summed E-state index contributed by atoms with van der Waals surface area (Å²) in [5, 5.41) is 17.7. The molecule has 1 aromatic heterocycles. The van der Waals surface area contributed by atoms with Crippen molar-refractivity contribution < 1.29 is 9.47 Å². The van der Waals surface area contributed by atoms with Crippen LogP contribution in [0.4, 0.5) is 0 Å². The second kappa shape index (κ2) is 8.52. The molecule has 6 nitrogen and oxygen atoms in total. The molecule has 4 rings (SSSR count). The lowest BCUT2D eigenvalue weighted by atomic mass is 9.83. The minimum Gasteiger partial charge on any atom is -0.489 e. The van der Waals surface area contributed by atoms with E-state index in [4.69, 9.17) is 26.8 Å². The van der Waals surface area contributed by atoms with Crippen molar-refractivity contribution in [1.29, 1.82) is 5.26 Å². The summed E-state index contributed by atoms with van der Waals surface area (Å²) in [5.41, 5.74) is 9.89. The molecule has 0 amide bonds. The third-order valence-corrected chi connectivity index (χ3v) is 5.27. The number of nitrogens with zero attached hydrogens (tertiary/aromatic N) is 2. The van der Waals surface area contributed by atoms with Crippen LogP contribution in [-0.2, 0) is 13.0 Å². The number of aromatic amines is 1. The number of H-pyrrole nitrogens is 1. The summed E-state index contributed by atoms with van der Waals surface area (Å²) in [6.07, 6.45) is 1.68. The van der Waals surface area contributed by atoms with E-state index in [1.165, 1.54) is 0 Å². The lowest BCUT2D eigenvalue weighted by Crippen LogP contribution is -2.21. The smallest absolute Gasteiger partial charge is 0.244 e. The highest BCUT2D eigenvalue weighted by molar-refractivity contribution is 6.30. The molecule has 0 radical (unpaired) electrons. The van der Waals surface area contributed by atoms with Gasteiger partial charge in [-0.2, -0.15) is 5.26 Å². The Kier molecular flexibility index (Phi) is 5.64. The molecule has 1 aliphatic rings. The Labute approximate surface area is 179 Å². The summed E-state index contributed by atoms with van der Waals surface area (Å²) < 4.78 is 11.8. The zero-order valence-electron chi connectivity index (χ0n) is 16.5. The average molecular weight is 421 g/mol. The van der Waals surface area contributed by atoms with Gasteiger partial charge in [0.15, 0.2) is 0 Å². The van der Waals surface area contributed by atoms with E-state index in [2.05, 4.69) is 23.2 Å². The highest BCUT2D eigenvalue weighted by Crippen LogP contribution is 2.46. The predicted molar refractivity (Wildman–Crippen MR) is 114 cm³/mol. The van der Waals surface area contributed by atoms with Crippen LogP contribution < -0.4 is 15.2 Å². The molecule has 2 heterocycles. The SMILES string of the molecule is CCCc1[nH]nc2c1C(c1cc(Cl)ccc1OCc1ccccc1)C(C#N)=C(N)O2. The van der Waals surface area contributed by atoms with Crippen molar-refractivity contribution in [1.82, 2.24) is 10.2 Å². The molecular formula is C23H21ClN4O2. The fourth-order valence-corrected chi connectivity index (χ4v) is 3.85. The fraction of sp³-hybridized carbons (Fsp3) is 0.217. The van der Waals surface area contributed by atoms with E-state index in [0.717, 1.165) is 35.2 Å². The Morgan fingerprint density at radius 2 is 2.07 bits per heavy atom. The lowest BCUT2D eigenvalue weighted by Gasteiger charge is -2.26. The van der Waals surface area contributed by atoms with E-state index in [-0.39, 0.29) is 5.88 Å². The van der Waals surface area contributed by atoms with E-state index in [1.807, 2.05) is 42.5 Å². The van der Waals surface area contributed by atoms with E-state index in [1.54, 1.807) is 6.07 Å². The van der Waals surface area contributed by atoms with Gasteiger partial charge in [-0.25, -0.2) is 0 Å². The van der Waals surface area contributed by atoms with Gasteiger partial charge < -0.3 is 15.2 Å². The van der Waals surface area contributed by atoms with Crippen LogP contribution in [0.1, 0.15) is 41.6 Å². The molecule has 0 fully saturated rings. The van der Waals surface area contributed by atoms with E-state index < -0.39 is 5.92 Å². The standard InChI is InChI=1S/C23H21ClN4O2/c1-2-6-18-21-20(17(12-25)22(26)30-23(21)28-27-18)16-11-15(24)9-10-19(16)29-13-14-7-4-3-5-8-14/h3-5,7-11,20H,2,6,13,26H2,1H3,(H,27,28). The Morgan fingerprint density at radius 3 is 2.80 bits per heavy atom. The highest BCUT2D eigenvalue weighted by Gasteiger charge is 2.36. The molecule has 0 aliphatic carbocycles. The maximum Gasteiger partial charge on any atom is 0.244 e. The molecule has 152 valence electrons. The molecule has 0 spiro atoms. The first-order valence-corrected chi connectivity index (χ1v) is 10.1. The number of nitrogens with two attached hydrogens (primary N) is 1. The summed E-state index contributed by atoms with van der Waals surface area (Å²) in [4.78, 5) is 0. The molecule has 2 aromatic carbocycles. The average Bonchev–Trinajstić information content (AvgIpc) is 3.15. The van der Waals surface area contributed by atoms with Crippen molar-refractivity contribution in [3.8, 4) is 17.7 Å². The van der Waals surface area contributed by atoms with E-state index in [0.29, 0.717) is 28.8 Å². The van der Waals surface area contributed by atoms with Crippen LogP contribution in [0, 0.1) is 11.3 Å².